The van der Waals surface area contributed by atoms with Crippen LogP contribution in [0, 0.1) is 0 Å². The first kappa shape index (κ1) is 24.7. The predicted octanol–water partition coefficient (Wildman–Crippen LogP) is 12.0. The van der Waals surface area contributed by atoms with E-state index in [2.05, 4.69) is 127 Å². The molecule has 8 aromatic rings. The molecule has 0 unspecified atom stereocenters. The standard InChI is InChI=1S/C42H26O2/c1-2-12-27(13-3-1)41-32-16-6-8-18-34(32)42(35-19-9-7-17-33(35)41)36-24-23-29(30-14-4-5-15-31(30)36)28-22-25-39-40(26-28)44-38-21-11-10-20-37(38)43-39/h1-26H. The summed E-state index contributed by atoms with van der Waals surface area (Å²) in [6.45, 7) is 0. The molecule has 2 heteroatoms. The zero-order chi connectivity index (χ0) is 29.0. The van der Waals surface area contributed by atoms with Gasteiger partial charge in [-0.15, -0.1) is 0 Å². The molecule has 9 rings (SSSR count). The summed E-state index contributed by atoms with van der Waals surface area (Å²) in [6.07, 6.45) is 0. The molecule has 1 aliphatic rings. The normalized spacial score (nSPS) is 12.0. The molecule has 0 saturated heterocycles. The van der Waals surface area contributed by atoms with Crippen molar-refractivity contribution in [1.82, 2.24) is 0 Å². The smallest absolute Gasteiger partial charge is 0.170 e. The van der Waals surface area contributed by atoms with E-state index in [4.69, 9.17) is 9.47 Å². The minimum Gasteiger partial charge on any atom is -0.450 e. The van der Waals surface area contributed by atoms with Crippen molar-refractivity contribution in [2.45, 2.75) is 0 Å². The third-order valence-electron chi connectivity index (χ3n) is 8.73. The Morgan fingerprint density at radius 1 is 0.273 bits per heavy atom. The lowest BCUT2D eigenvalue weighted by Gasteiger charge is -2.22. The van der Waals surface area contributed by atoms with Crippen LogP contribution in [-0.4, -0.2) is 0 Å². The summed E-state index contributed by atoms with van der Waals surface area (Å²) in [7, 11) is 0. The van der Waals surface area contributed by atoms with Gasteiger partial charge in [0.25, 0.3) is 0 Å². The van der Waals surface area contributed by atoms with Gasteiger partial charge in [0, 0.05) is 0 Å². The fourth-order valence-corrected chi connectivity index (χ4v) is 6.80. The number of fused-ring (bicyclic) bond motifs is 5. The minimum atomic E-state index is 0.725. The Morgan fingerprint density at radius 3 is 1.36 bits per heavy atom. The molecule has 0 aromatic heterocycles. The van der Waals surface area contributed by atoms with Crippen LogP contribution in [0.1, 0.15) is 0 Å². The Balaban J connectivity index is 1.28. The second-order valence-corrected chi connectivity index (χ2v) is 11.2. The van der Waals surface area contributed by atoms with Crippen LogP contribution in [0.25, 0.3) is 65.7 Å². The highest BCUT2D eigenvalue weighted by Gasteiger charge is 2.21. The average molecular weight is 563 g/mol. The van der Waals surface area contributed by atoms with Crippen LogP contribution in [0.5, 0.6) is 23.0 Å². The number of hydrogen-bond acceptors (Lipinski definition) is 2. The molecule has 0 fully saturated rings. The summed E-state index contributed by atoms with van der Waals surface area (Å²) >= 11 is 0. The van der Waals surface area contributed by atoms with E-state index in [1.54, 1.807) is 0 Å². The minimum absolute atomic E-state index is 0.725. The zero-order valence-electron chi connectivity index (χ0n) is 23.8. The summed E-state index contributed by atoms with van der Waals surface area (Å²) in [5, 5.41) is 7.43. The van der Waals surface area contributed by atoms with Crippen molar-refractivity contribution in [2.24, 2.45) is 0 Å². The lowest BCUT2D eigenvalue weighted by Crippen LogP contribution is -1.98. The lowest BCUT2D eigenvalue weighted by atomic mass is 9.84. The van der Waals surface area contributed by atoms with Crippen molar-refractivity contribution < 1.29 is 9.47 Å². The van der Waals surface area contributed by atoms with Gasteiger partial charge < -0.3 is 9.47 Å². The van der Waals surface area contributed by atoms with Crippen molar-refractivity contribution in [2.75, 3.05) is 0 Å². The molecule has 0 aliphatic carbocycles. The van der Waals surface area contributed by atoms with Crippen molar-refractivity contribution in [3.05, 3.63) is 158 Å². The Labute approximate surface area is 255 Å². The van der Waals surface area contributed by atoms with Crippen molar-refractivity contribution in [3.63, 3.8) is 0 Å². The molecule has 2 nitrogen and oxygen atoms in total. The molecule has 8 aromatic carbocycles. The quantitative estimate of drug-likeness (QED) is 0.199. The SMILES string of the molecule is c1ccc(-c2c3ccccc3c(-c3ccc(-c4ccc5c(c4)Oc4ccccc4O5)c4ccccc34)c3ccccc23)cc1. The first-order chi connectivity index (χ1) is 21.8. The summed E-state index contributed by atoms with van der Waals surface area (Å²) < 4.78 is 12.4. The van der Waals surface area contributed by atoms with E-state index in [1.807, 2.05) is 30.3 Å². The highest BCUT2D eigenvalue weighted by Crippen LogP contribution is 2.49. The van der Waals surface area contributed by atoms with E-state index >= 15 is 0 Å². The molecule has 0 amide bonds. The van der Waals surface area contributed by atoms with Gasteiger partial charge in [-0.05, 0) is 90.0 Å². The van der Waals surface area contributed by atoms with Crippen LogP contribution in [0.15, 0.2) is 158 Å². The molecule has 1 heterocycles. The van der Waals surface area contributed by atoms with Crippen LogP contribution in [0.4, 0.5) is 0 Å². The molecule has 0 saturated carbocycles. The maximum Gasteiger partial charge on any atom is 0.170 e. The first-order valence-corrected chi connectivity index (χ1v) is 14.9. The fourth-order valence-electron chi connectivity index (χ4n) is 6.80. The predicted molar refractivity (Wildman–Crippen MR) is 182 cm³/mol. The number of hydrogen-bond donors (Lipinski definition) is 0. The molecule has 0 bridgehead atoms. The molecule has 0 radical (unpaired) electrons. The van der Waals surface area contributed by atoms with Gasteiger partial charge in [0.1, 0.15) is 0 Å². The molecule has 0 spiro atoms. The Hall–Kier alpha value is -5.86. The third kappa shape index (κ3) is 3.82. The monoisotopic (exact) mass is 562 g/mol. The van der Waals surface area contributed by atoms with E-state index in [1.165, 1.54) is 54.6 Å². The summed E-state index contributed by atoms with van der Waals surface area (Å²) in [5.74, 6) is 2.92. The summed E-state index contributed by atoms with van der Waals surface area (Å²) in [4.78, 5) is 0. The Bertz CT molecular complexity index is 2330. The fraction of sp³-hybridized carbons (Fsp3) is 0. The van der Waals surface area contributed by atoms with Crippen LogP contribution in [0.3, 0.4) is 0 Å². The topological polar surface area (TPSA) is 18.5 Å². The highest BCUT2D eigenvalue weighted by atomic mass is 16.6. The van der Waals surface area contributed by atoms with E-state index in [-0.39, 0.29) is 0 Å². The number of rotatable bonds is 3. The molecule has 1 aliphatic heterocycles. The van der Waals surface area contributed by atoms with E-state index in [9.17, 15) is 0 Å². The van der Waals surface area contributed by atoms with E-state index in [0.29, 0.717) is 0 Å². The summed E-state index contributed by atoms with van der Waals surface area (Å²) in [5.41, 5.74) is 7.24. The second kappa shape index (κ2) is 9.86. The van der Waals surface area contributed by atoms with Crippen LogP contribution in [0.2, 0.25) is 0 Å². The number of benzene rings is 8. The lowest BCUT2D eigenvalue weighted by molar-refractivity contribution is 0.360. The molecule has 44 heavy (non-hydrogen) atoms. The van der Waals surface area contributed by atoms with Gasteiger partial charge in [-0.1, -0.05) is 133 Å². The van der Waals surface area contributed by atoms with Gasteiger partial charge in [-0.25, -0.2) is 0 Å². The second-order valence-electron chi connectivity index (χ2n) is 11.2. The number of para-hydroxylation sites is 2. The maximum absolute atomic E-state index is 6.26. The van der Waals surface area contributed by atoms with E-state index < -0.39 is 0 Å². The van der Waals surface area contributed by atoms with Gasteiger partial charge in [-0.2, -0.15) is 0 Å². The Morgan fingerprint density at radius 2 is 0.727 bits per heavy atom. The third-order valence-corrected chi connectivity index (χ3v) is 8.73. The molecular formula is C42H26O2. The van der Waals surface area contributed by atoms with Crippen LogP contribution in [-0.2, 0) is 0 Å². The van der Waals surface area contributed by atoms with Crippen molar-refractivity contribution in [1.29, 1.82) is 0 Å². The highest BCUT2D eigenvalue weighted by molar-refractivity contribution is 6.24. The van der Waals surface area contributed by atoms with Crippen LogP contribution < -0.4 is 9.47 Å². The van der Waals surface area contributed by atoms with Gasteiger partial charge >= 0.3 is 0 Å². The molecular weight excluding hydrogens is 536 g/mol. The van der Waals surface area contributed by atoms with Gasteiger partial charge in [-0.3, -0.25) is 0 Å². The number of ether oxygens (including phenoxy) is 2. The van der Waals surface area contributed by atoms with Gasteiger partial charge in [0.05, 0.1) is 0 Å². The average Bonchev–Trinajstić information content (AvgIpc) is 3.09. The van der Waals surface area contributed by atoms with Crippen molar-refractivity contribution >= 4 is 32.3 Å². The largest absolute Gasteiger partial charge is 0.450 e. The van der Waals surface area contributed by atoms with Gasteiger partial charge in [0.2, 0.25) is 0 Å². The van der Waals surface area contributed by atoms with Crippen molar-refractivity contribution in [3.8, 4) is 56.4 Å². The van der Waals surface area contributed by atoms with Crippen LogP contribution >= 0.6 is 0 Å². The summed E-state index contributed by atoms with van der Waals surface area (Å²) in [6, 6.07) is 55.7. The zero-order valence-corrected chi connectivity index (χ0v) is 23.8. The Kier molecular flexibility index (Phi) is 5.54. The molecule has 206 valence electrons. The molecule has 0 N–H and O–H groups in total. The maximum atomic E-state index is 6.26. The van der Waals surface area contributed by atoms with Gasteiger partial charge in [0.15, 0.2) is 23.0 Å². The van der Waals surface area contributed by atoms with E-state index in [0.717, 1.165) is 34.1 Å². The first-order valence-electron chi connectivity index (χ1n) is 14.9. The molecule has 0 atom stereocenters.